The molecule has 1 heterocycles. The van der Waals surface area contributed by atoms with Crippen LogP contribution in [0.5, 0.6) is 0 Å². The molecule has 0 aliphatic heterocycles. The Balaban J connectivity index is 2.17. The lowest BCUT2D eigenvalue weighted by molar-refractivity contribution is -0.692. The summed E-state index contributed by atoms with van der Waals surface area (Å²) >= 11 is 0. The zero-order chi connectivity index (χ0) is 10.5. The molecule has 0 atom stereocenters. The predicted molar refractivity (Wildman–Crippen MR) is 60.4 cm³/mol. The fourth-order valence-electron chi connectivity index (χ4n) is 1.65. The topological polar surface area (TPSA) is 19.7 Å². The van der Waals surface area contributed by atoms with Gasteiger partial charge in [-0.05, 0) is 5.56 Å². The van der Waals surface area contributed by atoms with Crippen LogP contribution in [-0.2, 0) is 13.0 Å². The summed E-state index contributed by atoms with van der Waals surface area (Å²) in [5.74, 6) is 1.21. The number of hydrogen-bond acceptors (Lipinski definition) is 0. The van der Waals surface area contributed by atoms with Crippen molar-refractivity contribution in [3.05, 3.63) is 66.8 Å². The SMILES string of the molecule is C=CC[n+]1cc[nH]c1Cc1ccccc1. The highest BCUT2D eigenvalue weighted by Gasteiger charge is 2.09. The zero-order valence-corrected chi connectivity index (χ0v) is 8.69. The van der Waals surface area contributed by atoms with E-state index in [0.29, 0.717) is 0 Å². The number of aromatic nitrogens is 2. The quantitative estimate of drug-likeness (QED) is 0.574. The molecule has 15 heavy (non-hydrogen) atoms. The number of rotatable bonds is 4. The molecular weight excluding hydrogens is 184 g/mol. The lowest BCUT2D eigenvalue weighted by Crippen LogP contribution is -2.35. The van der Waals surface area contributed by atoms with Crippen molar-refractivity contribution < 1.29 is 4.57 Å². The smallest absolute Gasteiger partial charge is 0.247 e. The van der Waals surface area contributed by atoms with Crippen molar-refractivity contribution in [2.24, 2.45) is 0 Å². The first-order valence-corrected chi connectivity index (χ1v) is 5.10. The van der Waals surface area contributed by atoms with E-state index >= 15 is 0 Å². The Morgan fingerprint density at radius 2 is 2.07 bits per heavy atom. The van der Waals surface area contributed by atoms with Gasteiger partial charge in [-0.1, -0.05) is 43.0 Å². The summed E-state index contributed by atoms with van der Waals surface area (Å²) < 4.78 is 2.17. The van der Waals surface area contributed by atoms with Crippen molar-refractivity contribution in [3.63, 3.8) is 0 Å². The summed E-state index contributed by atoms with van der Waals surface area (Å²) in [6.45, 7) is 4.60. The van der Waals surface area contributed by atoms with Crippen LogP contribution >= 0.6 is 0 Å². The standard InChI is InChI=1S/C13H14N2/c1-2-9-15-10-8-14-13(15)11-12-6-4-3-5-7-12/h2-8,10H,1,9,11H2/p+1. The van der Waals surface area contributed by atoms with Crippen LogP contribution in [0.15, 0.2) is 55.4 Å². The van der Waals surface area contributed by atoms with Crippen LogP contribution in [0.4, 0.5) is 0 Å². The van der Waals surface area contributed by atoms with Gasteiger partial charge in [0.1, 0.15) is 18.9 Å². The lowest BCUT2D eigenvalue weighted by Gasteiger charge is -1.98. The van der Waals surface area contributed by atoms with Crippen molar-refractivity contribution in [1.29, 1.82) is 0 Å². The van der Waals surface area contributed by atoms with Crippen LogP contribution in [0.1, 0.15) is 11.4 Å². The molecule has 0 aliphatic carbocycles. The molecule has 2 aromatic rings. The zero-order valence-electron chi connectivity index (χ0n) is 8.69. The van der Waals surface area contributed by atoms with Gasteiger partial charge in [-0.3, -0.25) is 0 Å². The fourth-order valence-corrected chi connectivity index (χ4v) is 1.65. The van der Waals surface area contributed by atoms with Crippen LogP contribution < -0.4 is 4.57 Å². The van der Waals surface area contributed by atoms with Gasteiger partial charge in [-0.25, -0.2) is 9.55 Å². The number of H-pyrrole nitrogens is 1. The Labute approximate surface area is 89.9 Å². The first kappa shape index (κ1) is 9.71. The van der Waals surface area contributed by atoms with Gasteiger partial charge in [0.2, 0.25) is 0 Å². The van der Waals surface area contributed by atoms with Crippen molar-refractivity contribution in [2.45, 2.75) is 13.0 Å². The van der Waals surface area contributed by atoms with Crippen molar-refractivity contribution in [3.8, 4) is 0 Å². The molecule has 0 bridgehead atoms. The van der Waals surface area contributed by atoms with E-state index in [1.807, 2.05) is 24.5 Å². The van der Waals surface area contributed by atoms with E-state index in [1.165, 1.54) is 11.4 Å². The Morgan fingerprint density at radius 1 is 1.27 bits per heavy atom. The van der Waals surface area contributed by atoms with Crippen molar-refractivity contribution >= 4 is 0 Å². The number of imidazole rings is 1. The van der Waals surface area contributed by atoms with E-state index in [-0.39, 0.29) is 0 Å². The van der Waals surface area contributed by atoms with Gasteiger partial charge in [0, 0.05) is 0 Å². The van der Waals surface area contributed by atoms with Gasteiger partial charge in [-0.2, -0.15) is 0 Å². The molecule has 0 spiro atoms. The van der Waals surface area contributed by atoms with E-state index in [4.69, 9.17) is 0 Å². The van der Waals surface area contributed by atoms with Gasteiger partial charge in [-0.15, -0.1) is 0 Å². The van der Waals surface area contributed by atoms with Gasteiger partial charge >= 0.3 is 0 Å². The Hall–Kier alpha value is -1.83. The Bertz CT molecular complexity index is 429. The first-order valence-electron chi connectivity index (χ1n) is 5.10. The maximum absolute atomic E-state index is 3.75. The van der Waals surface area contributed by atoms with Gasteiger partial charge in [0.25, 0.3) is 5.82 Å². The number of nitrogens with one attached hydrogen (secondary N) is 1. The highest BCUT2D eigenvalue weighted by atomic mass is 15.0. The third-order valence-electron chi connectivity index (χ3n) is 2.39. The second-order valence-corrected chi connectivity index (χ2v) is 3.51. The number of benzene rings is 1. The molecule has 0 unspecified atom stereocenters. The minimum atomic E-state index is 0.853. The van der Waals surface area contributed by atoms with Gasteiger partial charge < -0.3 is 0 Å². The van der Waals surface area contributed by atoms with Crippen LogP contribution in [0.3, 0.4) is 0 Å². The van der Waals surface area contributed by atoms with Crippen molar-refractivity contribution in [2.75, 3.05) is 0 Å². The van der Waals surface area contributed by atoms with Crippen LogP contribution in [0, 0.1) is 0 Å². The van der Waals surface area contributed by atoms with Crippen molar-refractivity contribution in [1.82, 2.24) is 4.98 Å². The second kappa shape index (κ2) is 4.60. The average molecular weight is 199 g/mol. The molecule has 0 radical (unpaired) electrons. The summed E-state index contributed by atoms with van der Waals surface area (Å²) in [6, 6.07) is 10.4. The average Bonchev–Trinajstić information content (AvgIpc) is 2.68. The van der Waals surface area contributed by atoms with E-state index in [2.05, 4.69) is 40.4 Å². The number of nitrogens with zero attached hydrogens (tertiary/aromatic N) is 1. The lowest BCUT2D eigenvalue weighted by atomic mass is 10.1. The Morgan fingerprint density at radius 3 is 2.80 bits per heavy atom. The molecule has 2 nitrogen and oxygen atoms in total. The van der Waals surface area contributed by atoms with E-state index < -0.39 is 0 Å². The molecule has 1 N–H and O–H groups in total. The second-order valence-electron chi connectivity index (χ2n) is 3.51. The normalized spacial score (nSPS) is 10.1. The van der Waals surface area contributed by atoms with E-state index in [1.54, 1.807) is 0 Å². The molecule has 0 aliphatic rings. The van der Waals surface area contributed by atoms with E-state index in [0.717, 1.165) is 13.0 Å². The van der Waals surface area contributed by atoms with Gasteiger partial charge in [0.15, 0.2) is 0 Å². The highest BCUT2D eigenvalue weighted by Crippen LogP contribution is 2.03. The molecule has 0 saturated heterocycles. The molecular formula is C13H15N2+. The maximum Gasteiger partial charge on any atom is 0.258 e. The molecule has 0 amide bonds. The third kappa shape index (κ3) is 2.34. The number of hydrogen-bond donors (Lipinski definition) is 1. The van der Waals surface area contributed by atoms with Gasteiger partial charge in [0.05, 0.1) is 6.42 Å². The monoisotopic (exact) mass is 199 g/mol. The molecule has 76 valence electrons. The molecule has 0 fully saturated rings. The van der Waals surface area contributed by atoms with Crippen LogP contribution in [0.2, 0.25) is 0 Å². The maximum atomic E-state index is 3.75. The minimum Gasteiger partial charge on any atom is -0.247 e. The largest absolute Gasteiger partial charge is 0.258 e. The van der Waals surface area contributed by atoms with Crippen LogP contribution in [-0.4, -0.2) is 4.98 Å². The summed E-state index contributed by atoms with van der Waals surface area (Å²) in [6.07, 6.45) is 6.84. The molecule has 1 aromatic heterocycles. The predicted octanol–water partition coefficient (Wildman–Crippen LogP) is 2.08. The molecule has 2 heteroatoms. The summed E-state index contributed by atoms with van der Waals surface area (Å²) in [5.41, 5.74) is 1.32. The van der Waals surface area contributed by atoms with Crippen LogP contribution in [0.25, 0.3) is 0 Å². The van der Waals surface area contributed by atoms with E-state index in [9.17, 15) is 0 Å². The molecule has 2 rings (SSSR count). The number of allylic oxidation sites excluding steroid dienone is 1. The summed E-state index contributed by atoms with van der Waals surface area (Å²) in [5, 5.41) is 0. The summed E-state index contributed by atoms with van der Waals surface area (Å²) in [7, 11) is 0. The fraction of sp³-hybridized carbons (Fsp3) is 0.154. The Kier molecular flexibility index (Phi) is 2.98. The number of aromatic amines is 1. The first-order chi connectivity index (χ1) is 7.40. The summed E-state index contributed by atoms with van der Waals surface area (Å²) in [4.78, 5) is 3.25. The molecule has 1 aromatic carbocycles. The molecule has 0 saturated carbocycles. The third-order valence-corrected chi connectivity index (χ3v) is 2.39. The minimum absolute atomic E-state index is 0.853. The highest BCUT2D eigenvalue weighted by molar-refractivity contribution is 5.17.